The Hall–Kier alpha value is 0.790. The van der Waals surface area contributed by atoms with Gasteiger partial charge in [-0.1, -0.05) is 11.4 Å². The van der Waals surface area contributed by atoms with Crippen LogP contribution >= 0.6 is 17.1 Å². The highest BCUT2D eigenvalue weighted by Gasteiger charge is 2.25. The summed E-state index contributed by atoms with van der Waals surface area (Å²) in [6, 6.07) is 0. The van der Waals surface area contributed by atoms with E-state index in [0.29, 0.717) is 0 Å². The van der Waals surface area contributed by atoms with Crippen LogP contribution in [0.15, 0.2) is 0 Å². The molecule has 0 aromatic carbocycles. The molecule has 0 aliphatic rings. The summed E-state index contributed by atoms with van der Waals surface area (Å²) in [6.45, 7) is 8.92. The van der Waals surface area contributed by atoms with E-state index in [-0.39, 0.29) is 18.0 Å². The molecule has 0 amide bonds. The van der Waals surface area contributed by atoms with Gasteiger partial charge < -0.3 is 9.05 Å². The number of hydrogen-bond acceptors (Lipinski definition) is 7. The molecule has 0 aromatic rings. The smallest absolute Gasteiger partial charge is 0.319 e. The lowest BCUT2D eigenvalue weighted by Gasteiger charge is -2.26. The normalized spacial score (nSPS) is 15.2. The van der Waals surface area contributed by atoms with Crippen LogP contribution in [0.2, 0.25) is 0 Å². The molecule has 0 aliphatic carbocycles. The fourth-order valence-electron chi connectivity index (χ4n) is 1.03. The van der Waals surface area contributed by atoms with E-state index in [1.807, 2.05) is 27.7 Å². The summed E-state index contributed by atoms with van der Waals surface area (Å²) in [5.41, 5.74) is -2.56. The molecule has 0 bridgehead atoms. The molecule has 0 fully saturated rings. The van der Waals surface area contributed by atoms with Crippen LogP contribution in [-0.4, -0.2) is 37.0 Å². The minimum atomic E-state index is -4.45. The van der Waals surface area contributed by atoms with Crippen molar-refractivity contribution in [3.8, 4) is 0 Å². The first kappa shape index (κ1) is 19.8. The second-order valence-corrected chi connectivity index (χ2v) is 11.7. The van der Waals surface area contributed by atoms with E-state index in [1.54, 1.807) is 0 Å². The summed E-state index contributed by atoms with van der Waals surface area (Å²) in [4.78, 5) is 0. The minimum absolute atomic E-state index is 0.0881. The fourth-order valence-corrected chi connectivity index (χ4v) is 7.42. The van der Waals surface area contributed by atoms with Gasteiger partial charge in [0.25, 0.3) is 0 Å². The molecule has 0 rings (SSSR count). The summed E-state index contributed by atoms with van der Waals surface area (Å²) in [6.07, 6.45) is -0.890. The van der Waals surface area contributed by atoms with E-state index in [1.165, 1.54) is 18.3 Å². The molecule has 0 aromatic heterocycles. The maximum Gasteiger partial charge on any atom is 0.397 e. The van der Waals surface area contributed by atoms with Gasteiger partial charge in [-0.3, -0.25) is 4.55 Å². The van der Waals surface area contributed by atoms with E-state index < -0.39 is 22.2 Å². The topological polar surface area (TPSA) is 82.1 Å². The van der Waals surface area contributed by atoms with Crippen molar-refractivity contribution in [2.24, 2.45) is 0 Å². The van der Waals surface area contributed by atoms with Crippen LogP contribution in [0.3, 0.4) is 0 Å². The van der Waals surface area contributed by atoms with E-state index in [4.69, 9.17) is 25.4 Å². The van der Waals surface area contributed by atoms with E-state index in [0.717, 1.165) is 0 Å². The van der Waals surface area contributed by atoms with Gasteiger partial charge in [0.05, 0.1) is 18.3 Å². The van der Waals surface area contributed by atoms with Gasteiger partial charge in [0, 0.05) is 5.75 Å². The van der Waals surface area contributed by atoms with Crippen LogP contribution < -0.4 is 0 Å². The van der Waals surface area contributed by atoms with Crippen molar-refractivity contribution in [2.75, 3.05) is 5.75 Å². The predicted molar refractivity (Wildman–Crippen MR) is 81.3 cm³/mol. The van der Waals surface area contributed by atoms with Crippen LogP contribution in [0.4, 0.5) is 0 Å². The molecule has 0 radical (unpaired) electrons. The molecule has 6 nitrogen and oxygen atoms in total. The summed E-state index contributed by atoms with van der Waals surface area (Å²) >= 11 is 6.59. The van der Waals surface area contributed by atoms with Crippen molar-refractivity contribution in [1.82, 2.24) is 0 Å². The molecule has 0 saturated carbocycles. The Morgan fingerprint density at radius 3 is 1.89 bits per heavy atom. The summed E-state index contributed by atoms with van der Waals surface area (Å²) in [7, 11) is -4.45. The van der Waals surface area contributed by atoms with Crippen molar-refractivity contribution in [3.63, 3.8) is 0 Å². The minimum Gasteiger partial charge on any atom is -0.319 e. The third kappa shape index (κ3) is 11.2. The van der Waals surface area contributed by atoms with Crippen molar-refractivity contribution >= 4 is 39.3 Å². The fraction of sp³-hybridized carbons (Fsp3) is 1.00. The highest BCUT2D eigenvalue weighted by molar-refractivity contribution is 8.67. The lowest BCUT2D eigenvalue weighted by molar-refractivity contribution is 0.185. The Morgan fingerprint density at radius 1 is 1.16 bits per heavy atom. The van der Waals surface area contributed by atoms with Gasteiger partial charge in [-0.25, -0.2) is 4.18 Å². The lowest BCUT2D eigenvalue weighted by Crippen LogP contribution is -2.17. The second kappa shape index (κ2) is 8.29. The van der Waals surface area contributed by atoms with Crippen LogP contribution in [0.5, 0.6) is 0 Å². The maximum absolute atomic E-state index is 10.6. The van der Waals surface area contributed by atoms with E-state index >= 15 is 0 Å². The first-order chi connectivity index (χ1) is 8.43. The quantitative estimate of drug-likeness (QED) is 0.501. The van der Waals surface area contributed by atoms with E-state index in [9.17, 15) is 8.42 Å². The molecular weight excluding hydrogens is 331 g/mol. The first-order valence-corrected chi connectivity index (χ1v) is 11.3. The molecular formula is C9H21O6PS3. The molecule has 1 N–H and O–H groups in total. The lowest BCUT2D eigenvalue weighted by atomic mass is 10.5. The molecule has 1 unspecified atom stereocenters. The third-order valence-electron chi connectivity index (χ3n) is 1.43. The molecule has 19 heavy (non-hydrogen) atoms. The standard InChI is InChI=1S/C9H21O6PS3/c1-7(2)13-16(17,14-8(3)4)18-6-9(5)15-19(10,11)12/h7-9H,6H2,1-5H3,(H,10,11,12). The van der Waals surface area contributed by atoms with Crippen molar-refractivity contribution in [2.45, 2.75) is 52.9 Å². The zero-order valence-corrected chi connectivity index (χ0v) is 14.9. The monoisotopic (exact) mass is 352 g/mol. The average Bonchev–Trinajstić information content (AvgIpc) is 2.09. The molecule has 0 saturated heterocycles. The zero-order chi connectivity index (χ0) is 15.3. The molecule has 1 atom stereocenters. The van der Waals surface area contributed by atoms with Gasteiger partial charge in [-0.05, 0) is 46.4 Å². The SMILES string of the molecule is CC(C)OP(=S)(OC(C)C)SCC(C)OS(=O)(=O)O. The molecule has 10 heteroatoms. The van der Waals surface area contributed by atoms with Gasteiger partial charge in [0.2, 0.25) is 5.69 Å². The molecule has 116 valence electrons. The van der Waals surface area contributed by atoms with Crippen LogP contribution in [0.25, 0.3) is 0 Å². The molecule has 0 heterocycles. The zero-order valence-electron chi connectivity index (χ0n) is 11.6. The predicted octanol–water partition coefficient (Wildman–Crippen LogP) is 3.00. The van der Waals surface area contributed by atoms with Crippen molar-refractivity contribution in [1.29, 1.82) is 0 Å². The Bertz CT molecular complexity index is 394. The maximum atomic E-state index is 10.6. The highest BCUT2D eigenvalue weighted by Crippen LogP contribution is 2.62. The largest absolute Gasteiger partial charge is 0.397 e. The second-order valence-electron chi connectivity index (χ2n) is 4.39. The first-order valence-electron chi connectivity index (χ1n) is 5.70. The van der Waals surface area contributed by atoms with Gasteiger partial charge in [-0.2, -0.15) is 8.42 Å². The van der Waals surface area contributed by atoms with Gasteiger partial charge in [0.15, 0.2) is 0 Å². The van der Waals surface area contributed by atoms with Crippen LogP contribution in [0, 0.1) is 0 Å². The van der Waals surface area contributed by atoms with Crippen LogP contribution in [-0.2, 0) is 35.4 Å². The molecule has 0 aliphatic heterocycles. The summed E-state index contributed by atoms with van der Waals surface area (Å²) < 4.78 is 45.4. The Balaban J connectivity index is 4.54. The third-order valence-corrected chi connectivity index (χ3v) is 7.68. The number of rotatable bonds is 9. The van der Waals surface area contributed by atoms with Crippen molar-refractivity contribution in [3.05, 3.63) is 0 Å². The Labute approximate surface area is 124 Å². The van der Waals surface area contributed by atoms with Gasteiger partial charge in [-0.15, -0.1) is 0 Å². The molecule has 0 spiro atoms. The Kier molecular flexibility index (Phi) is 8.63. The highest BCUT2D eigenvalue weighted by atomic mass is 32.9. The van der Waals surface area contributed by atoms with Crippen LogP contribution in [0.1, 0.15) is 34.6 Å². The van der Waals surface area contributed by atoms with Gasteiger partial charge >= 0.3 is 10.4 Å². The summed E-state index contributed by atoms with van der Waals surface area (Å²) in [5.74, 6) is 0.247. The summed E-state index contributed by atoms with van der Waals surface area (Å²) in [5, 5.41) is 0. The van der Waals surface area contributed by atoms with E-state index in [2.05, 4.69) is 4.18 Å². The average molecular weight is 352 g/mol. The Morgan fingerprint density at radius 2 is 1.58 bits per heavy atom. The van der Waals surface area contributed by atoms with Crippen molar-refractivity contribution < 1.29 is 26.2 Å². The van der Waals surface area contributed by atoms with Gasteiger partial charge in [0.1, 0.15) is 0 Å². The number of hydrogen-bond donors (Lipinski definition) is 1.